The lowest BCUT2D eigenvalue weighted by Crippen LogP contribution is -2.61. The largest absolute Gasteiger partial charge is 0.496 e. The monoisotopic (exact) mass is 528 g/mol. The number of nitrogens with one attached hydrogen (secondary N) is 2. The number of rotatable bonds is 6. The summed E-state index contributed by atoms with van der Waals surface area (Å²) in [7, 11) is 2.89. The Hall–Kier alpha value is -2.74. The van der Waals surface area contributed by atoms with Gasteiger partial charge in [-0.2, -0.15) is 0 Å². The molecular formula is C28H33ClN2O6. The highest BCUT2D eigenvalue weighted by atomic mass is 35.5. The third-order valence-corrected chi connectivity index (χ3v) is 9.59. The molecule has 4 fully saturated rings. The molecule has 0 aromatic heterocycles. The Labute approximate surface area is 221 Å². The van der Waals surface area contributed by atoms with Gasteiger partial charge in [0, 0.05) is 29.3 Å². The lowest BCUT2D eigenvalue weighted by molar-refractivity contribution is -0.129. The van der Waals surface area contributed by atoms with Crippen LogP contribution in [-0.2, 0) is 9.59 Å². The van der Waals surface area contributed by atoms with Crippen molar-refractivity contribution in [3.8, 4) is 17.2 Å². The second-order valence-electron chi connectivity index (χ2n) is 11.7. The number of allylic oxidation sites excluding steroid dienone is 1. The molecule has 198 valence electrons. The predicted octanol–water partition coefficient (Wildman–Crippen LogP) is 3.84. The quantitative estimate of drug-likeness (QED) is 0.541. The fraction of sp³-hybridized carbons (Fsp3) is 0.607. The highest BCUT2D eigenvalue weighted by Gasteiger charge is 2.60. The van der Waals surface area contributed by atoms with Gasteiger partial charge in [0.25, 0.3) is 0 Å². The zero-order chi connectivity index (χ0) is 26.1. The molecule has 1 spiro atoms. The molecule has 2 atom stereocenters. The standard InChI is InChI=1S/C28H33ClN2O6/c1-14-4-18(30-13-22(33)31-27-10-15-5-16(11-27)7-17(6-15)12-27)8-21(32)28(14)26(34)23-19(35-2)9-20(36-3)24(29)25(23)37-28/h8-9,14-17,30H,4-7,10-13H2,1-3H3,(H,31,33)/t14-,15?,16?,17?,27?,28+/m1/s1. The zero-order valence-electron chi connectivity index (χ0n) is 21.4. The second-order valence-corrected chi connectivity index (χ2v) is 12.1. The molecule has 8 nitrogen and oxygen atoms in total. The fourth-order valence-corrected chi connectivity index (χ4v) is 8.31. The number of carbonyl (C=O) groups excluding carboxylic acids is 3. The smallest absolute Gasteiger partial charge is 0.239 e. The molecule has 2 N–H and O–H groups in total. The highest BCUT2D eigenvalue weighted by molar-refractivity contribution is 6.36. The Morgan fingerprint density at radius 3 is 2.27 bits per heavy atom. The Morgan fingerprint density at radius 1 is 1.08 bits per heavy atom. The van der Waals surface area contributed by atoms with Gasteiger partial charge in [-0.25, -0.2) is 0 Å². The number of methoxy groups -OCH3 is 2. The van der Waals surface area contributed by atoms with Crippen LogP contribution >= 0.6 is 11.6 Å². The number of hydrogen-bond acceptors (Lipinski definition) is 7. The first-order chi connectivity index (χ1) is 17.7. The first-order valence-electron chi connectivity index (χ1n) is 13.2. The number of fused-ring (bicyclic) bond motifs is 1. The van der Waals surface area contributed by atoms with Gasteiger partial charge in [-0.15, -0.1) is 0 Å². The Bertz CT molecular complexity index is 1190. The van der Waals surface area contributed by atoms with E-state index in [0.29, 0.717) is 17.9 Å². The predicted molar refractivity (Wildman–Crippen MR) is 136 cm³/mol. The van der Waals surface area contributed by atoms with Gasteiger partial charge in [-0.1, -0.05) is 18.5 Å². The van der Waals surface area contributed by atoms with Gasteiger partial charge < -0.3 is 24.8 Å². The van der Waals surface area contributed by atoms with Crippen LogP contribution in [0.1, 0.15) is 62.2 Å². The van der Waals surface area contributed by atoms with E-state index in [4.69, 9.17) is 25.8 Å². The lowest BCUT2D eigenvalue weighted by atomic mass is 9.53. The van der Waals surface area contributed by atoms with Crippen LogP contribution in [0.15, 0.2) is 17.8 Å². The van der Waals surface area contributed by atoms with E-state index in [-0.39, 0.29) is 40.1 Å². The van der Waals surface area contributed by atoms with E-state index in [1.54, 1.807) is 6.92 Å². The van der Waals surface area contributed by atoms with Gasteiger partial charge in [0.05, 0.1) is 20.8 Å². The van der Waals surface area contributed by atoms with Crippen LogP contribution in [0.2, 0.25) is 5.02 Å². The summed E-state index contributed by atoms with van der Waals surface area (Å²) in [6.07, 6.45) is 8.96. The number of amides is 1. The molecule has 1 aromatic carbocycles. The normalized spacial score (nSPS) is 35.2. The summed E-state index contributed by atoms with van der Waals surface area (Å²) in [6, 6.07) is 1.52. The van der Waals surface area contributed by atoms with E-state index in [1.807, 2.05) is 0 Å². The van der Waals surface area contributed by atoms with E-state index in [9.17, 15) is 14.4 Å². The molecule has 4 bridgehead atoms. The summed E-state index contributed by atoms with van der Waals surface area (Å²) in [4.78, 5) is 40.0. The van der Waals surface area contributed by atoms with Crippen molar-refractivity contribution in [1.82, 2.24) is 10.6 Å². The van der Waals surface area contributed by atoms with Crippen LogP contribution in [0.25, 0.3) is 0 Å². The number of ketones is 2. The summed E-state index contributed by atoms with van der Waals surface area (Å²) >= 11 is 6.45. The van der Waals surface area contributed by atoms with Gasteiger partial charge in [0.15, 0.2) is 5.75 Å². The van der Waals surface area contributed by atoms with Crippen LogP contribution in [-0.4, -0.2) is 49.4 Å². The van der Waals surface area contributed by atoms with Crippen molar-refractivity contribution >= 4 is 29.1 Å². The minimum Gasteiger partial charge on any atom is -0.496 e. The maximum absolute atomic E-state index is 13.6. The zero-order valence-corrected chi connectivity index (χ0v) is 22.2. The van der Waals surface area contributed by atoms with Crippen molar-refractivity contribution in [1.29, 1.82) is 0 Å². The molecule has 4 saturated carbocycles. The van der Waals surface area contributed by atoms with Crippen LogP contribution in [0.3, 0.4) is 0 Å². The summed E-state index contributed by atoms with van der Waals surface area (Å²) in [6.45, 7) is 1.88. The number of ether oxygens (including phenoxy) is 3. The molecule has 1 aromatic rings. The van der Waals surface area contributed by atoms with Gasteiger partial charge in [0.2, 0.25) is 23.1 Å². The van der Waals surface area contributed by atoms with Crippen LogP contribution in [0.5, 0.6) is 17.2 Å². The SMILES string of the molecule is COc1cc(OC)c2c(c1Cl)O[C@@]1(C(=O)C=C(NCC(=O)NC34CC5CC(CC(C5)C3)C4)C[C@H]1C)C2=O. The van der Waals surface area contributed by atoms with Crippen LogP contribution < -0.4 is 24.8 Å². The molecule has 9 heteroatoms. The first kappa shape index (κ1) is 24.6. The van der Waals surface area contributed by atoms with E-state index >= 15 is 0 Å². The molecule has 0 saturated heterocycles. The van der Waals surface area contributed by atoms with Crippen molar-refractivity contribution < 1.29 is 28.6 Å². The number of carbonyl (C=O) groups is 3. The third kappa shape index (κ3) is 3.74. The number of halogens is 1. The molecule has 0 radical (unpaired) electrons. The van der Waals surface area contributed by atoms with Crippen molar-refractivity contribution in [2.75, 3.05) is 20.8 Å². The molecule has 37 heavy (non-hydrogen) atoms. The van der Waals surface area contributed by atoms with E-state index in [1.165, 1.54) is 45.6 Å². The Kier molecular flexibility index (Phi) is 5.75. The fourth-order valence-electron chi connectivity index (χ4n) is 8.05. The average molecular weight is 529 g/mol. The second kappa shape index (κ2) is 8.65. The summed E-state index contributed by atoms with van der Waals surface area (Å²) in [5.74, 6) is 1.37. The van der Waals surface area contributed by atoms with E-state index in [0.717, 1.165) is 37.0 Å². The molecular weight excluding hydrogens is 496 g/mol. The molecule has 1 amide bonds. The van der Waals surface area contributed by atoms with Crippen LogP contribution in [0.4, 0.5) is 0 Å². The van der Waals surface area contributed by atoms with Gasteiger partial charge >= 0.3 is 0 Å². The Balaban J connectivity index is 1.16. The molecule has 0 unspecified atom stereocenters. The highest BCUT2D eigenvalue weighted by Crippen LogP contribution is 2.56. The van der Waals surface area contributed by atoms with Crippen molar-refractivity contribution in [2.24, 2.45) is 23.7 Å². The van der Waals surface area contributed by atoms with Crippen molar-refractivity contribution in [3.05, 3.63) is 28.4 Å². The van der Waals surface area contributed by atoms with Crippen molar-refractivity contribution in [3.63, 3.8) is 0 Å². The maximum atomic E-state index is 13.6. The molecule has 7 rings (SSSR count). The molecule has 6 aliphatic rings. The minimum absolute atomic E-state index is 0.0487. The van der Waals surface area contributed by atoms with E-state index < -0.39 is 23.1 Å². The molecule has 1 heterocycles. The van der Waals surface area contributed by atoms with Crippen molar-refractivity contribution in [2.45, 2.75) is 63.0 Å². The van der Waals surface area contributed by atoms with Gasteiger partial charge in [-0.3, -0.25) is 14.4 Å². The number of benzene rings is 1. The minimum atomic E-state index is -1.72. The first-order valence-corrected chi connectivity index (χ1v) is 13.5. The maximum Gasteiger partial charge on any atom is 0.239 e. The molecule has 1 aliphatic heterocycles. The van der Waals surface area contributed by atoms with Gasteiger partial charge in [0.1, 0.15) is 22.1 Å². The summed E-state index contributed by atoms with van der Waals surface area (Å²) < 4.78 is 16.8. The van der Waals surface area contributed by atoms with Gasteiger partial charge in [-0.05, 0) is 62.7 Å². The third-order valence-electron chi connectivity index (χ3n) is 9.23. The topological polar surface area (TPSA) is 103 Å². The number of Topliss-reactive ketones (excluding diaryl/α,β-unsaturated/α-hetero) is 1. The number of hydrogen-bond donors (Lipinski definition) is 2. The lowest BCUT2D eigenvalue weighted by Gasteiger charge is -2.56. The summed E-state index contributed by atoms with van der Waals surface area (Å²) in [5.41, 5.74) is -1.02. The Morgan fingerprint density at radius 2 is 1.70 bits per heavy atom. The average Bonchev–Trinajstić information content (AvgIpc) is 3.15. The summed E-state index contributed by atoms with van der Waals surface area (Å²) in [5, 5.41) is 6.62. The van der Waals surface area contributed by atoms with Crippen LogP contribution in [0, 0.1) is 23.7 Å². The van der Waals surface area contributed by atoms with E-state index in [2.05, 4.69) is 10.6 Å². The molecule has 5 aliphatic carbocycles.